The van der Waals surface area contributed by atoms with Crippen LogP contribution < -0.4 is 0 Å². The van der Waals surface area contributed by atoms with E-state index in [1.807, 2.05) is 30.3 Å². The standard InChI is InChI=1S/C16H20O4/c1-3-19-15(17)11-10-14(12-16(18)20-4-2)13-8-6-5-7-9-13/h5-10H,3-4,11-12H2,1-2H3/b14-10-. The Hall–Kier alpha value is -2.10. The fraction of sp³-hybridized carbons (Fsp3) is 0.375. The molecule has 0 bridgehead atoms. The van der Waals surface area contributed by atoms with Crippen molar-refractivity contribution in [1.82, 2.24) is 0 Å². The normalized spacial score (nSPS) is 11.0. The van der Waals surface area contributed by atoms with Gasteiger partial charge in [0.05, 0.1) is 26.1 Å². The van der Waals surface area contributed by atoms with Gasteiger partial charge in [0.2, 0.25) is 0 Å². The highest BCUT2D eigenvalue weighted by atomic mass is 16.5. The highest BCUT2D eigenvalue weighted by Crippen LogP contribution is 2.19. The van der Waals surface area contributed by atoms with Crippen molar-refractivity contribution in [2.24, 2.45) is 0 Å². The maximum absolute atomic E-state index is 11.6. The molecule has 0 unspecified atom stereocenters. The van der Waals surface area contributed by atoms with Crippen molar-refractivity contribution in [3.63, 3.8) is 0 Å². The third kappa shape index (κ3) is 5.69. The van der Waals surface area contributed by atoms with E-state index in [2.05, 4.69) is 0 Å². The molecule has 0 heterocycles. The van der Waals surface area contributed by atoms with Crippen molar-refractivity contribution in [3.05, 3.63) is 42.0 Å². The molecule has 0 saturated carbocycles. The molecule has 0 atom stereocenters. The third-order valence-corrected chi connectivity index (χ3v) is 2.61. The monoisotopic (exact) mass is 276 g/mol. The quantitative estimate of drug-likeness (QED) is 0.718. The molecular weight excluding hydrogens is 256 g/mol. The summed E-state index contributed by atoms with van der Waals surface area (Å²) in [4.78, 5) is 23.0. The smallest absolute Gasteiger partial charge is 0.310 e. The summed E-state index contributed by atoms with van der Waals surface area (Å²) in [7, 11) is 0. The zero-order chi connectivity index (χ0) is 14.8. The minimum Gasteiger partial charge on any atom is -0.466 e. The maximum atomic E-state index is 11.6. The molecule has 0 radical (unpaired) electrons. The lowest BCUT2D eigenvalue weighted by Crippen LogP contribution is -2.06. The summed E-state index contributed by atoms with van der Waals surface area (Å²) >= 11 is 0. The molecular formula is C16H20O4. The van der Waals surface area contributed by atoms with Crippen molar-refractivity contribution < 1.29 is 19.1 Å². The summed E-state index contributed by atoms with van der Waals surface area (Å²) in [6.45, 7) is 4.23. The van der Waals surface area contributed by atoms with Crippen LogP contribution in [-0.2, 0) is 19.1 Å². The zero-order valence-corrected chi connectivity index (χ0v) is 11.9. The molecule has 1 aromatic carbocycles. The predicted octanol–water partition coefficient (Wildman–Crippen LogP) is 2.98. The van der Waals surface area contributed by atoms with Crippen molar-refractivity contribution in [1.29, 1.82) is 0 Å². The Morgan fingerprint density at radius 1 is 1.00 bits per heavy atom. The summed E-state index contributed by atoms with van der Waals surface area (Å²) in [5.41, 5.74) is 1.68. The van der Waals surface area contributed by atoms with Crippen LogP contribution in [0.2, 0.25) is 0 Å². The minimum atomic E-state index is -0.301. The van der Waals surface area contributed by atoms with Gasteiger partial charge in [0.25, 0.3) is 0 Å². The van der Waals surface area contributed by atoms with Gasteiger partial charge in [-0.2, -0.15) is 0 Å². The Labute approximate surface area is 119 Å². The summed E-state index contributed by atoms with van der Waals surface area (Å²) in [6.07, 6.45) is 2.03. The minimum absolute atomic E-state index is 0.150. The van der Waals surface area contributed by atoms with E-state index in [0.29, 0.717) is 13.2 Å². The third-order valence-electron chi connectivity index (χ3n) is 2.61. The van der Waals surface area contributed by atoms with Crippen LogP contribution in [0.25, 0.3) is 5.57 Å². The van der Waals surface area contributed by atoms with Gasteiger partial charge in [-0.15, -0.1) is 0 Å². The average Bonchev–Trinajstić information content (AvgIpc) is 2.45. The highest BCUT2D eigenvalue weighted by molar-refractivity contribution is 5.86. The first-order valence-electron chi connectivity index (χ1n) is 6.73. The molecule has 0 N–H and O–H groups in total. The molecule has 1 aromatic rings. The van der Waals surface area contributed by atoms with Crippen molar-refractivity contribution in [2.75, 3.05) is 13.2 Å². The summed E-state index contributed by atoms with van der Waals surface area (Å²) < 4.78 is 9.83. The molecule has 0 aliphatic rings. The Balaban J connectivity index is 2.81. The van der Waals surface area contributed by atoms with E-state index in [1.54, 1.807) is 19.9 Å². The SMILES string of the molecule is CCOC(=O)C/C=C(/CC(=O)OCC)c1ccccc1. The summed E-state index contributed by atoms with van der Waals surface area (Å²) in [6, 6.07) is 9.47. The van der Waals surface area contributed by atoms with Gasteiger partial charge in [0.15, 0.2) is 0 Å². The van der Waals surface area contributed by atoms with Crippen molar-refractivity contribution in [2.45, 2.75) is 26.7 Å². The number of hydrogen-bond donors (Lipinski definition) is 0. The maximum Gasteiger partial charge on any atom is 0.310 e. The average molecular weight is 276 g/mol. The Morgan fingerprint density at radius 2 is 1.60 bits per heavy atom. The van der Waals surface area contributed by atoms with Gasteiger partial charge in [-0.1, -0.05) is 36.4 Å². The van der Waals surface area contributed by atoms with Crippen LogP contribution in [0.4, 0.5) is 0 Å². The van der Waals surface area contributed by atoms with E-state index in [-0.39, 0.29) is 24.8 Å². The van der Waals surface area contributed by atoms with Crippen LogP contribution in [0.5, 0.6) is 0 Å². The van der Waals surface area contributed by atoms with Crippen molar-refractivity contribution >= 4 is 17.5 Å². The van der Waals surface area contributed by atoms with E-state index in [1.165, 1.54) is 0 Å². The van der Waals surface area contributed by atoms with Crippen LogP contribution in [0.3, 0.4) is 0 Å². The predicted molar refractivity (Wildman–Crippen MR) is 76.9 cm³/mol. The van der Waals surface area contributed by atoms with E-state index < -0.39 is 0 Å². The van der Waals surface area contributed by atoms with Gasteiger partial charge < -0.3 is 9.47 Å². The first-order chi connectivity index (χ1) is 9.67. The van der Waals surface area contributed by atoms with E-state index >= 15 is 0 Å². The largest absolute Gasteiger partial charge is 0.466 e. The number of esters is 2. The number of hydrogen-bond acceptors (Lipinski definition) is 4. The second-order valence-corrected chi connectivity index (χ2v) is 4.09. The van der Waals surface area contributed by atoms with Gasteiger partial charge in [-0.3, -0.25) is 9.59 Å². The van der Waals surface area contributed by atoms with Crippen LogP contribution >= 0.6 is 0 Å². The van der Waals surface area contributed by atoms with Crippen LogP contribution in [0, 0.1) is 0 Å². The van der Waals surface area contributed by atoms with Gasteiger partial charge in [0.1, 0.15) is 0 Å². The second-order valence-electron chi connectivity index (χ2n) is 4.09. The van der Waals surface area contributed by atoms with Gasteiger partial charge in [-0.25, -0.2) is 0 Å². The molecule has 0 fully saturated rings. The van der Waals surface area contributed by atoms with Crippen LogP contribution in [0.1, 0.15) is 32.3 Å². The lowest BCUT2D eigenvalue weighted by molar-refractivity contribution is -0.143. The fourth-order valence-corrected chi connectivity index (χ4v) is 1.74. The first kappa shape index (κ1) is 16.0. The van der Waals surface area contributed by atoms with E-state index in [9.17, 15) is 9.59 Å². The number of benzene rings is 1. The Morgan fingerprint density at radius 3 is 2.20 bits per heavy atom. The molecule has 20 heavy (non-hydrogen) atoms. The molecule has 0 aromatic heterocycles. The zero-order valence-electron chi connectivity index (χ0n) is 11.9. The molecule has 4 nitrogen and oxygen atoms in total. The molecule has 4 heteroatoms. The van der Waals surface area contributed by atoms with E-state index in [0.717, 1.165) is 11.1 Å². The lowest BCUT2D eigenvalue weighted by atomic mass is 10.0. The Bertz CT molecular complexity index is 463. The summed E-state index contributed by atoms with van der Waals surface area (Å²) in [5, 5.41) is 0. The molecule has 0 spiro atoms. The van der Waals surface area contributed by atoms with Crippen molar-refractivity contribution in [3.8, 4) is 0 Å². The van der Waals surface area contributed by atoms with E-state index in [4.69, 9.17) is 9.47 Å². The van der Waals surface area contributed by atoms with Crippen LogP contribution in [-0.4, -0.2) is 25.2 Å². The topological polar surface area (TPSA) is 52.6 Å². The van der Waals surface area contributed by atoms with Gasteiger partial charge in [0, 0.05) is 0 Å². The molecule has 0 aliphatic heterocycles. The highest BCUT2D eigenvalue weighted by Gasteiger charge is 2.10. The summed E-state index contributed by atoms with van der Waals surface area (Å²) in [5.74, 6) is -0.601. The van der Waals surface area contributed by atoms with Gasteiger partial charge >= 0.3 is 11.9 Å². The first-order valence-corrected chi connectivity index (χ1v) is 6.73. The number of carbonyl (C=O) groups is 2. The fourth-order valence-electron chi connectivity index (χ4n) is 1.74. The molecule has 0 saturated heterocycles. The second kappa shape index (κ2) is 8.91. The van der Waals surface area contributed by atoms with Crippen LogP contribution in [0.15, 0.2) is 36.4 Å². The van der Waals surface area contributed by atoms with Gasteiger partial charge in [-0.05, 0) is 25.0 Å². The number of rotatable bonds is 7. The number of ether oxygens (including phenoxy) is 2. The number of carbonyl (C=O) groups excluding carboxylic acids is 2. The molecule has 0 amide bonds. The molecule has 108 valence electrons. The lowest BCUT2D eigenvalue weighted by Gasteiger charge is -2.08. The molecule has 1 rings (SSSR count). The Kier molecular flexibility index (Phi) is 7.11. The molecule has 0 aliphatic carbocycles.